The Morgan fingerprint density at radius 3 is 2.65 bits per heavy atom. The predicted molar refractivity (Wildman–Crippen MR) is 99.4 cm³/mol. The molecule has 26 heavy (non-hydrogen) atoms. The van der Waals surface area contributed by atoms with E-state index >= 15 is 0 Å². The number of rotatable bonds is 5. The molecule has 0 aliphatic carbocycles. The molecular weight excluding hydrogens is 377 g/mol. The fourth-order valence-electron chi connectivity index (χ4n) is 2.40. The lowest BCUT2D eigenvalue weighted by Crippen LogP contribution is -2.14. The average molecular weight is 392 g/mol. The summed E-state index contributed by atoms with van der Waals surface area (Å²) >= 11 is 6.91. The van der Waals surface area contributed by atoms with E-state index in [1.807, 2.05) is 26.0 Å². The van der Waals surface area contributed by atoms with Crippen molar-refractivity contribution in [3.63, 3.8) is 0 Å². The van der Waals surface area contributed by atoms with Crippen LogP contribution in [0.4, 0.5) is 10.1 Å². The number of aromatic nitrogens is 4. The number of aryl methyl sites for hydroxylation is 2. The summed E-state index contributed by atoms with van der Waals surface area (Å²) in [6.07, 6.45) is 0. The van der Waals surface area contributed by atoms with Crippen molar-refractivity contribution < 1.29 is 9.18 Å². The van der Waals surface area contributed by atoms with Crippen LogP contribution in [0.1, 0.15) is 11.1 Å². The molecule has 2 aromatic carbocycles. The van der Waals surface area contributed by atoms with Crippen LogP contribution < -0.4 is 5.32 Å². The molecule has 0 saturated carbocycles. The third-order valence-electron chi connectivity index (χ3n) is 3.43. The summed E-state index contributed by atoms with van der Waals surface area (Å²) in [7, 11) is 0. The molecule has 1 heterocycles. The van der Waals surface area contributed by atoms with Gasteiger partial charge in [0, 0.05) is 5.69 Å². The highest BCUT2D eigenvalue weighted by Gasteiger charge is 2.13. The standard InChI is InChI=1S/C17H15ClFN5OS/c1-10-5-11(2)7-13(6-10)24-17(21-22-23-24)26-9-16(25)20-12-3-4-15(19)14(18)8-12/h3-8H,9H2,1-2H3,(H,20,25). The Balaban J connectivity index is 1.68. The van der Waals surface area contributed by atoms with Gasteiger partial charge in [0.05, 0.1) is 16.5 Å². The molecule has 1 N–H and O–H groups in total. The first-order valence-corrected chi connectivity index (χ1v) is 9.03. The van der Waals surface area contributed by atoms with Gasteiger partial charge in [-0.2, -0.15) is 4.68 Å². The second-order valence-electron chi connectivity index (χ2n) is 5.68. The second-order valence-corrected chi connectivity index (χ2v) is 7.03. The number of benzene rings is 2. The Kier molecular flexibility index (Phi) is 5.53. The third-order valence-corrected chi connectivity index (χ3v) is 4.64. The molecule has 0 bridgehead atoms. The van der Waals surface area contributed by atoms with Crippen LogP contribution in [0.3, 0.4) is 0 Å². The van der Waals surface area contributed by atoms with Crippen LogP contribution in [0.5, 0.6) is 0 Å². The van der Waals surface area contributed by atoms with Gasteiger partial charge in [0.15, 0.2) is 0 Å². The number of thioether (sulfide) groups is 1. The molecule has 0 saturated heterocycles. The quantitative estimate of drug-likeness (QED) is 0.669. The van der Waals surface area contributed by atoms with Crippen LogP contribution in [0.25, 0.3) is 5.69 Å². The van der Waals surface area contributed by atoms with Crippen molar-refractivity contribution in [3.8, 4) is 5.69 Å². The molecule has 0 spiro atoms. The van der Waals surface area contributed by atoms with Crippen LogP contribution >= 0.6 is 23.4 Å². The predicted octanol–water partition coefficient (Wildman–Crippen LogP) is 3.80. The first-order chi connectivity index (χ1) is 12.4. The molecule has 0 radical (unpaired) electrons. The maximum Gasteiger partial charge on any atom is 0.234 e. The normalized spacial score (nSPS) is 10.8. The molecular formula is C17H15ClFN5OS. The van der Waals surface area contributed by atoms with E-state index in [1.54, 1.807) is 4.68 Å². The maximum atomic E-state index is 13.2. The molecule has 6 nitrogen and oxygen atoms in total. The summed E-state index contributed by atoms with van der Waals surface area (Å²) in [5.74, 6) is -0.709. The number of carbonyl (C=O) groups excluding carboxylic acids is 1. The van der Waals surface area contributed by atoms with E-state index in [0.717, 1.165) is 16.8 Å². The Morgan fingerprint density at radius 1 is 1.23 bits per heavy atom. The van der Waals surface area contributed by atoms with Gasteiger partial charge in [-0.15, -0.1) is 5.10 Å². The lowest BCUT2D eigenvalue weighted by molar-refractivity contribution is -0.113. The zero-order valence-corrected chi connectivity index (χ0v) is 15.6. The van der Waals surface area contributed by atoms with Crippen LogP contribution in [0.15, 0.2) is 41.6 Å². The first kappa shape index (κ1) is 18.3. The Morgan fingerprint density at radius 2 is 1.96 bits per heavy atom. The molecule has 0 fully saturated rings. The molecule has 134 valence electrons. The van der Waals surface area contributed by atoms with E-state index in [2.05, 4.69) is 26.9 Å². The molecule has 0 unspecified atom stereocenters. The van der Waals surface area contributed by atoms with Crippen LogP contribution in [0.2, 0.25) is 5.02 Å². The lowest BCUT2D eigenvalue weighted by atomic mass is 10.1. The summed E-state index contributed by atoms with van der Waals surface area (Å²) in [6.45, 7) is 3.99. The van der Waals surface area contributed by atoms with Crippen LogP contribution in [-0.4, -0.2) is 31.9 Å². The third kappa shape index (κ3) is 4.39. The summed E-state index contributed by atoms with van der Waals surface area (Å²) < 4.78 is 14.7. The molecule has 0 aliphatic heterocycles. The number of carbonyl (C=O) groups is 1. The van der Waals surface area contributed by atoms with Gasteiger partial charge in [-0.3, -0.25) is 4.79 Å². The van der Waals surface area contributed by atoms with Crippen molar-refractivity contribution in [3.05, 3.63) is 58.4 Å². The molecule has 0 aliphatic rings. The largest absolute Gasteiger partial charge is 0.325 e. The van der Waals surface area contributed by atoms with Crippen molar-refractivity contribution in [1.82, 2.24) is 20.2 Å². The highest BCUT2D eigenvalue weighted by atomic mass is 35.5. The van der Waals surface area contributed by atoms with Gasteiger partial charge >= 0.3 is 0 Å². The highest BCUT2D eigenvalue weighted by Crippen LogP contribution is 2.22. The monoisotopic (exact) mass is 391 g/mol. The number of amides is 1. The highest BCUT2D eigenvalue weighted by molar-refractivity contribution is 7.99. The number of hydrogen-bond acceptors (Lipinski definition) is 5. The summed E-state index contributed by atoms with van der Waals surface area (Å²) in [4.78, 5) is 12.1. The number of tetrazole rings is 1. The van der Waals surface area contributed by atoms with Gasteiger partial charge in [-0.1, -0.05) is 29.4 Å². The van der Waals surface area contributed by atoms with Gasteiger partial charge in [0.2, 0.25) is 11.1 Å². The SMILES string of the molecule is Cc1cc(C)cc(-n2nnnc2SCC(=O)Nc2ccc(F)c(Cl)c2)c1. The fourth-order valence-corrected chi connectivity index (χ4v) is 3.28. The molecule has 0 atom stereocenters. The average Bonchev–Trinajstić information content (AvgIpc) is 3.04. The van der Waals surface area contributed by atoms with Gasteiger partial charge < -0.3 is 5.32 Å². The van der Waals surface area contributed by atoms with E-state index in [4.69, 9.17) is 11.6 Å². The van der Waals surface area contributed by atoms with Crippen molar-refractivity contribution >= 4 is 35.0 Å². The zero-order chi connectivity index (χ0) is 18.7. The number of nitrogens with zero attached hydrogens (tertiary/aromatic N) is 4. The minimum absolute atomic E-state index is 0.0470. The smallest absolute Gasteiger partial charge is 0.234 e. The van der Waals surface area contributed by atoms with E-state index in [0.29, 0.717) is 10.8 Å². The topological polar surface area (TPSA) is 72.7 Å². The Labute approximate surface area is 158 Å². The Bertz CT molecular complexity index is 942. The van der Waals surface area contributed by atoms with E-state index in [-0.39, 0.29) is 16.7 Å². The lowest BCUT2D eigenvalue weighted by Gasteiger charge is -2.08. The number of halogens is 2. The molecule has 1 aromatic heterocycles. The van der Waals surface area contributed by atoms with Crippen LogP contribution in [0, 0.1) is 19.7 Å². The van der Waals surface area contributed by atoms with Crippen LogP contribution in [-0.2, 0) is 4.79 Å². The summed E-state index contributed by atoms with van der Waals surface area (Å²) in [5, 5.41) is 14.8. The van der Waals surface area contributed by atoms with E-state index in [1.165, 1.54) is 30.0 Å². The number of hydrogen-bond donors (Lipinski definition) is 1. The van der Waals surface area contributed by atoms with Gasteiger partial charge in [0.1, 0.15) is 5.82 Å². The second kappa shape index (κ2) is 7.84. The first-order valence-electron chi connectivity index (χ1n) is 7.67. The van der Waals surface area contributed by atoms with E-state index < -0.39 is 5.82 Å². The molecule has 1 amide bonds. The van der Waals surface area contributed by atoms with Gasteiger partial charge in [-0.25, -0.2) is 4.39 Å². The Hall–Kier alpha value is -2.45. The van der Waals surface area contributed by atoms with Crippen molar-refractivity contribution in [2.75, 3.05) is 11.1 Å². The molecule has 3 aromatic rings. The van der Waals surface area contributed by atoms with Gasteiger partial charge in [0.25, 0.3) is 0 Å². The maximum absolute atomic E-state index is 13.2. The summed E-state index contributed by atoms with van der Waals surface area (Å²) in [6, 6.07) is 10.00. The number of nitrogens with one attached hydrogen (secondary N) is 1. The molecule has 3 rings (SSSR count). The minimum Gasteiger partial charge on any atom is -0.325 e. The van der Waals surface area contributed by atoms with Crippen molar-refractivity contribution in [1.29, 1.82) is 0 Å². The van der Waals surface area contributed by atoms with Gasteiger partial charge in [-0.05, 0) is 65.7 Å². The van der Waals surface area contributed by atoms with Crippen molar-refractivity contribution in [2.24, 2.45) is 0 Å². The minimum atomic E-state index is -0.535. The zero-order valence-electron chi connectivity index (χ0n) is 14.0. The molecule has 9 heteroatoms. The fraction of sp³-hybridized carbons (Fsp3) is 0.176. The van der Waals surface area contributed by atoms with Crippen molar-refractivity contribution in [2.45, 2.75) is 19.0 Å². The summed E-state index contributed by atoms with van der Waals surface area (Å²) in [5.41, 5.74) is 3.45. The number of anilines is 1. The van der Waals surface area contributed by atoms with E-state index in [9.17, 15) is 9.18 Å².